The van der Waals surface area contributed by atoms with Crippen LogP contribution in [0.5, 0.6) is 0 Å². The van der Waals surface area contributed by atoms with Gasteiger partial charge in [0.05, 0.1) is 35.6 Å². The Hall–Kier alpha value is -1.66. The van der Waals surface area contributed by atoms with E-state index in [-0.39, 0.29) is 24.4 Å². The molecule has 0 radical (unpaired) electrons. The van der Waals surface area contributed by atoms with E-state index in [9.17, 15) is 9.90 Å². The highest BCUT2D eigenvalue weighted by atomic mass is 16.6. The fourth-order valence-electron chi connectivity index (χ4n) is 3.80. The smallest absolute Gasteiger partial charge is 0.306 e. The van der Waals surface area contributed by atoms with Crippen LogP contribution in [0, 0.1) is 5.92 Å². The lowest BCUT2D eigenvalue weighted by Gasteiger charge is -2.47. The van der Waals surface area contributed by atoms with Gasteiger partial charge in [0.15, 0.2) is 0 Å². The summed E-state index contributed by atoms with van der Waals surface area (Å²) in [6, 6.07) is 1.85. The van der Waals surface area contributed by atoms with E-state index in [1.807, 2.05) is 26.8 Å². The Morgan fingerprint density at radius 2 is 2.16 bits per heavy atom. The minimum Gasteiger partial charge on any atom is -0.460 e. The van der Waals surface area contributed by atoms with Gasteiger partial charge in [-0.3, -0.25) is 9.78 Å². The number of nitrogens with two attached hydrogens (primary N) is 1. The Labute approximate surface area is 148 Å². The van der Waals surface area contributed by atoms with Crippen LogP contribution >= 0.6 is 0 Å². The average Bonchev–Trinajstić information content (AvgIpc) is 3.24. The number of carbonyl (C=O) groups is 1. The first-order valence-electron chi connectivity index (χ1n) is 8.85. The summed E-state index contributed by atoms with van der Waals surface area (Å²) in [5.74, 6) is -0.548. The van der Waals surface area contributed by atoms with Gasteiger partial charge in [-0.05, 0) is 53.0 Å². The van der Waals surface area contributed by atoms with Crippen LogP contribution in [0.1, 0.15) is 65.0 Å². The molecule has 1 aromatic heterocycles. The maximum atomic E-state index is 12.3. The van der Waals surface area contributed by atoms with Crippen molar-refractivity contribution >= 4 is 11.7 Å². The summed E-state index contributed by atoms with van der Waals surface area (Å²) in [6.45, 7) is 7.31. The molecule has 2 fully saturated rings. The van der Waals surface area contributed by atoms with Crippen LogP contribution < -0.4 is 5.73 Å². The van der Waals surface area contributed by atoms with Gasteiger partial charge in [-0.2, -0.15) is 0 Å². The van der Waals surface area contributed by atoms with Crippen molar-refractivity contribution in [3.05, 3.63) is 24.0 Å². The van der Waals surface area contributed by atoms with Crippen molar-refractivity contribution in [2.45, 2.75) is 76.3 Å². The molecule has 1 aromatic rings. The van der Waals surface area contributed by atoms with E-state index < -0.39 is 16.8 Å². The first kappa shape index (κ1) is 18.1. The number of nitrogen functional groups attached to an aromatic ring is 1. The number of aliphatic hydroxyl groups is 1. The molecule has 1 spiro atoms. The van der Waals surface area contributed by atoms with Gasteiger partial charge in [-0.1, -0.05) is 0 Å². The third kappa shape index (κ3) is 3.51. The van der Waals surface area contributed by atoms with Gasteiger partial charge in [0.1, 0.15) is 5.60 Å². The topological polar surface area (TPSA) is 94.7 Å². The van der Waals surface area contributed by atoms with Crippen LogP contribution in [0.2, 0.25) is 0 Å². The molecule has 1 aliphatic heterocycles. The highest BCUT2D eigenvalue weighted by molar-refractivity contribution is 5.70. The number of rotatable bonds is 3. The Kier molecular flexibility index (Phi) is 4.32. The van der Waals surface area contributed by atoms with Crippen LogP contribution in [0.15, 0.2) is 18.5 Å². The number of esters is 1. The van der Waals surface area contributed by atoms with Gasteiger partial charge in [0, 0.05) is 17.7 Å². The summed E-state index contributed by atoms with van der Waals surface area (Å²) in [5.41, 5.74) is 5.29. The predicted molar refractivity (Wildman–Crippen MR) is 93.6 cm³/mol. The predicted octanol–water partition coefficient (Wildman–Crippen LogP) is 2.76. The molecule has 0 bridgehead atoms. The highest BCUT2D eigenvalue weighted by Crippen LogP contribution is 2.59. The van der Waals surface area contributed by atoms with Gasteiger partial charge >= 0.3 is 5.97 Å². The van der Waals surface area contributed by atoms with Crippen LogP contribution in [0.4, 0.5) is 5.69 Å². The monoisotopic (exact) mass is 348 g/mol. The standard InChI is InChI=1S/C19H28N2O4/c1-17(2,3)25-16(22)10-12-9-15(13-5-8-21-11-14(13)20)24-19(6-7-19)18(12,4)23/h5,8,11-12,15,23H,6-7,9-10,20H2,1-4H3/t12-,15+,18-/m0/s1. The number of pyridine rings is 1. The molecule has 0 amide bonds. The van der Waals surface area contributed by atoms with Crippen molar-refractivity contribution in [2.24, 2.45) is 5.92 Å². The first-order chi connectivity index (χ1) is 11.5. The van der Waals surface area contributed by atoms with Gasteiger partial charge in [0.25, 0.3) is 0 Å². The SMILES string of the molecule is CC(C)(C)OC(=O)C[C@@H]1C[C@H](c2ccncc2N)OC2(CC2)[C@@]1(C)O. The largest absolute Gasteiger partial charge is 0.460 e. The Morgan fingerprint density at radius 1 is 1.48 bits per heavy atom. The number of hydrogen-bond donors (Lipinski definition) is 2. The summed E-state index contributed by atoms with van der Waals surface area (Å²) < 4.78 is 11.7. The van der Waals surface area contributed by atoms with Crippen molar-refractivity contribution in [3.63, 3.8) is 0 Å². The van der Waals surface area contributed by atoms with Crippen LogP contribution in [-0.2, 0) is 14.3 Å². The number of carbonyl (C=O) groups excluding carboxylic acids is 1. The zero-order valence-electron chi connectivity index (χ0n) is 15.4. The second-order valence-electron chi connectivity index (χ2n) is 8.48. The molecule has 6 heteroatoms. The summed E-state index contributed by atoms with van der Waals surface area (Å²) in [4.78, 5) is 16.4. The minimum absolute atomic E-state index is 0.164. The van der Waals surface area contributed by atoms with Crippen LogP contribution in [-0.4, -0.2) is 32.9 Å². The maximum absolute atomic E-state index is 12.3. The van der Waals surface area contributed by atoms with Crippen molar-refractivity contribution < 1.29 is 19.4 Å². The van der Waals surface area contributed by atoms with Gasteiger partial charge < -0.3 is 20.3 Å². The van der Waals surface area contributed by atoms with Crippen molar-refractivity contribution in [1.29, 1.82) is 0 Å². The molecule has 3 atom stereocenters. The van der Waals surface area contributed by atoms with E-state index in [0.717, 1.165) is 18.4 Å². The summed E-state index contributed by atoms with van der Waals surface area (Å²) in [5, 5.41) is 11.1. The molecule has 1 aliphatic carbocycles. The van der Waals surface area contributed by atoms with E-state index in [1.165, 1.54) is 0 Å². The molecule has 3 N–H and O–H groups in total. The third-order valence-electron chi connectivity index (χ3n) is 5.36. The Morgan fingerprint density at radius 3 is 2.72 bits per heavy atom. The Balaban J connectivity index is 1.83. The summed E-state index contributed by atoms with van der Waals surface area (Å²) in [7, 11) is 0. The van der Waals surface area contributed by atoms with Gasteiger partial charge in [0.2, 0.25) is 0 Å². The first-order valence-corrected chi connectivity index (χ1v) is 8.85. The van der Waals surface area contributed by atoms with E-state index in [2.05, 4.69) is 4.98 Å². The maximum Gasteiger partial charge on any atom is 0.306 e. The molecule has 1 saturated carbocycles. The lowest BCUT2D eigenvalue weighted by molar-refractivity contribution is -0.220. The number of hydrogen-bond acceptors (Lipinski definition) is 6. The van der Waals surface area contributed by atoms with E-state index in [1.54, 1.807) is 19.3 Å². The molecule has 138 valence electrons. The summed E-state index contributed by atoms with van der Waals surface area (Å²) in [6.07, 6.45) is 5.29. The lowest BCUT2D eigenvalue weighted by Crippen LogP contribution is -2.55. The van der Waals surface area contributed by atoms with Crippen molar-refractivity contribution in [1.82, 2.24) is 4.98 Å². The second kappa shape index (κ2) is 5.95. The second-order valence-corrected chi connectivity index (χ2v) is 8.48. The zero-order valence-corrected chi connectivity index (χ0v) is 15.4. The molecule has 3 rings (SSSR count). The molecule has 6 nitrogen and oxygen atoms in total. The molecular weight excluding hydrogens is 320 g/mol. The molecule has 0 unspecified atom stereocenters. The minimum atomic E-state index is -1.07. The van der Waals surface area contributed by atoms with Crippen molar-refractivity contribution in [2.75, 3.05) is 5.73 Å². The average molecular weight is 348 g/mol. The molecule has 2 heterocycles. The van der Waals surface area contributed by atoms with Gasteiger partial charge in [-0.15, -0.1) is 0 Å². The van der Waals surface area contributed by atoms with E-state index in [0.29, 0.717) is 12.1 Å². The fourth-order valence-corrected chi connectivity index (χ4v) is 3.80. The highest BCUT2D eigenvalue weighted by Gasteiger charge is 2.64. The summed E-state index contributed by atoms with van der Waals surface area (Å²) >= 11 is 0. The normalized spacial score (nSPS) is 30.9. The molecular formula is C19H28N2O4. The quantitative estimate of drug-likeness (QED) is 0.816. The fraction of sp³-hybridized carbons (Fsp3) is 0.684. The van der Waals surface area contributed by atoms with Gasteiger partial charge in [-0.25, -0.2) is 0 Å². The molecule has 2 aliphatic rings. The number of anilines is 1. The molecule has 25 heavy (non-hydrogen) atoms. The van der Waals surface area contributed by atoms with E-state index in [4.69, 9.17) is 15.2 Å². The van der Waals surface area contributed by atoms with Crippen LogP contribution in [0.3, 0.4) is 0 Å². The Bertz CT molecular complexity index is 662. The molecule has 1 saturated heterocycles. The zero-order chi connectivity index (χ0) is 18.5. The number of aromatic nitrogens is 1. The third-order valence-corrected chi connectivity index (χ3v) is 5.36. The number of nitrogens with zero attached hydrogens (tertiary/aromatic N) is 1. The van der Waals surface area contributed by atoms with Crippen LogP contribution in [0.25, 0.3) is 0 Å². The lowest BCUT2D eigenvalue weighted by atomic mass is 9.73. The van der Waals surface area contributed by atoms with Crippen molar-refractivity contribution in [3.8, 4) is 0 Å². The van der Waals surface area contributed by atoms with E-state index >= 15 is 0 Å². The molecule has 0 aromatic carbocycles. The number of ether oxygens (including phenoxy) is 2.